The number of fused-ring (bicyclic) bond motifs is 1. The molecule has 3 aromatic rings. The molecule has 1 aromatic carbocycles. The van der Waals surface area contributed by atoms with Crippen molar-refractivity contribution in [3.63, 3.8) is 0 Å². The number of imidazole rings is 1. The van der Waals surface area contributed by atoms with E-state index >= 15 is 0 Å². The maximum atomic E-state index is 12.5. The Kier molecular flexibility index (Phi) is 6.62. The van der Waals surface area contributed by atoms with Crippen LogP contribution in [0, 0.1) is 12.8 Å². The van der Waals surface area contributed by atoms with Crippen LogP contribution in [0.25, 0.3) is 11.0 Å². The minimum Gasteiger partial charge on any atom is -0.462 e. The summed E-state index contributed by atoms with van der Waals surface area (Å²) in [4.78, 5) is 35.7. The Balaban J connectivity index is 1.26. The first-order chi connectivity index (χ1) is 15.0. The highest BCUT2D eigenvalue weighted by molar-refractivity contribution is 7.17. The van der Waals surface area contributed by atoms with Crippen molar-refractivity contribution >= 4 is 39.4 Å². The van der Waals surface area contributed by atoms with Gasteiger partial charge in [-0.05, 0) is 57.8 Å². The Hall–Kier alpha value is -2.78. The van der Waals surface area contributed by atoms with E-state index in [-0.39, 0.29) is 5.91 Å². The van der Waals surface area contributed by atoms with Crippen molar-refractivity contribution in [1.29, 1.82) is 0 Å². The summed E-state index contributed by atoms with van der Waals surface area (Å²) in [6, 6.07) is 8.19. The van der Waals surface area contributed by atoms with Crippen molar-refractivity contribution in [2.45, 2.75) is 33.2 Å². The molecule has 2 aromatic heterocycles. The minimum absolute atomic E-state index is 0.108. The molecule has 0 saturated carbocycles. The molecule has 1 N–H and O–H groups in total. The molecular formula is C22H27N5O3S. The summed E-state index contributed by atoms with van der Waals surface area (Å²) in [5, 5.41) is 3.26. The third-order valence-electron chi connectivity index (χ3n) is 5.56. The summed E-state index contributed by atoms with van der Waals surface area (Å²) in [7, 11) is 0. The van der Waals surface area contributed by atoms with Gasteiger partial charge in [0.2, 0.25) is 5.91 Å². The van der Waals surface area contributed by atoms with Crippen molar-refractivity contribution in [3.8, 4) is 0 Å². The molecule has 0 bridgehead atoms. The number of ether oxygens (including phenoxy) is 1. The van der Waals surface area contributed by atoms with E-state index in [4.69, 9.17) is 4.74 Å². The molecule has 31 heavy (non-hydrogen) atoms. The number of nitrogens with zero attached hydrogens (tertiary/aromatic N) is 4. The maximum absolute atomic E-state index is 12.5. The van der Waals surface area contributed by atoms with Crippen LogP contribution in [0.3, 0.4) is 0 Å². The highest BCUT2D eigenvalue weighted by Crippen LogP contribution is 2.24. The summed E-state index contributed by atoms with van der Waals surface area (Å²) in [5.74, 6) is 0.0691. The van der Waals surface area contributed by atoms with Gasteiger partial charge in [0.05, 0.1) is 36.2 Å². The monoisotopic (exact) mass is 441 g/mol. The number of amides is 1. The van der Waals surface area contributed by atoms with Gasteiger partial charge >= 0.3 is 5.97 Å². The fraction of sp³-hybridized carbons (Fsp3) is 0.455. The van der Waals surface area contributed by atoms with Gasteiger partial charge in [0.1, 0.15) is 4.88 Å². The lowest BCUT2D eigenvalue weighted by atomic mass is 9.96. The summed E-state index contributed by atoms with van der Waals surface area (Å²) < 4.78 is 7.26. The summed E-state index contributed by atoms with van der Waals surface area (Å²) >= 11 is 1.16. The first-order valence-electron chi connectivity index (χ1n) is 10.6. The average molecular weight is 442 g/mol. The number of aryl methyl sites for hydroxylation is 1. The number of benzene rings is 1. The fourth-order valence-corrected chi connectivity index (χ4v) is 4.84. The molecular weight excluding hydrogens is 414 g/mol. The van der Waals surface area contributed by atoms with Crippen molar-refractivity contribution in [2.75, 3.05) is 31.6 Å². The molecule has 9 heteroatoms. The van der Waals surface area contributed by atoms with Gasteiger partial charge in [-0.3, -0.25) is 9.69 Å². The van der Waals surface area contributed by atoms with Gasteiger partial charge in [-0.2, -0.15) is 0 Å². The Bertz CT molecular complexity index is 1070. The van der Waals surface area contributed by atoms with Crippen molar-refractivity contribution in [3.05, 3.63) is 41.2 Å². The van der Waals surface area contributed by atoms with E-state index in [0.717, 1.165) is 49.3 Å². The van der Waals surface area contributed by atoms with Crippen LogP contribution >= 0.6 is 11.3 Å². The first-order valence-corrected chi connectivity index (χ1v) is 11.4. The molecule has 0 aliphatic carbocycles. The smallest absolute Gasteiger partial charge is 0.350 e. The van der Waals surface area contributed by atoms with E-state index in [9.17, 15) is 9.59 Å². The average Bonchev–Trinajstić information content (AvgIpc) is 3.33. The molecule has 0 spiro atoms. The third-order valence-corrected chi connectivity index (χ3v) is 6.61. The van der Waals surface area contributed by atoms with E-state index in [1.807, 2.05) is 24.5 Å². The second-order valence-corrected chi connectivity index (χ2v) is 8.81. The SMILES string of the molecule is CCOC(=O)c1sc(NC(=O)CN2CCC(Cn3cnc4ccccc43)CC2)nc1C. The molecule has 0 atom stereocenters. The number of carbonyl (C=O) groups is 2. The van der Waals surface area contributed by atoms with Crippen LogP contribution in [0.2, 0.25) is 0 Å². The molecule has 1 aliphatic rings. The maximum Gasteiger partial charge on any atom is 0.350 e. The van der Waals surface area contributed by atoms with Gasteiger partial charge in [0.25, 0.3) is 0 Å². The van der Waals surface area contributed by atoms with E-state index in [2.05, 4.69) is 30.8 Å². The Morgan fingerprint density at radius 1 is 1.26 bits per heavy atom. The molecule has 0 unspecified atom stereocenters. The predicted octanol–water partition coefficient (Wildman–Crippen LogP) is 3.33. The van der Waals surface area contributed by atoms with Crippen LogP contribution in [0.15, 0.2) is 30.6 Å². The Morgan fingerprint density at radius 3 is 2.81 bits per heavy atom. The number of rotatable bonds is 7. The molecule has 8 nitrogen and oxygen atoms in total. The lowest BCUT2D eigenvalue weighted by Crippen LogP contribution is -2.39. The van der Waals surface area contributed by atoms with Crippen molar-refractivity contribution in [1.82, 2.24) is 19.4 Å². The molecule has 3 heterocycles. The lowest BCUT2D eigenvalue weighted by molar-refractivity contribution is -0.117. The number of hydrogen-bond acceptors (Lipinski definition) is 7. The minimum atomic E-state index is -0.397. The topological polar surface area (TPSA) is 89.4 Å². The Morgan fingerprint density at radius 2 is 2.03 bits per heavy atom. The quantitative estimate of drug-likeness (QED) is 0.566. The van der Waals surface area contributed by atoms with Crippen LogP contribution in [-0.4, -0.2) is 57.6 Å². The van der Waals surface area contributed by atoms with E-state index < -0.39 is 5.97 Å². The summed E-state index contributed by atoms with van der Waals surface area (Å²) in [6.07, 6.45) is 4.01. The number of hydrogen-bond donors (Lipinski definition) is 1. The predicted molar refractivity (Wildman–Crippen MR) is 120 cm³/mol. The fourth-order valence-electron chi connectivity index (χ4n) is 3.96. The number of para-hydroxylation sites is 2. The van der Waals surface area contributed by atoms with E-state index in [1.54, 1.807) is 13.8 Å². The van der Waals surface area contributed by atoms with Crippen molar-refractivity contribution < 1.29 is 14.3 Å². The molecule has 1 amide bonds. The highest BCUT2D eigenvalue weighted by atomic mass is 32.1. The largest absolute Gasteiger partial charge is 0.462 e. The van der Waals surface area contributed by atoms with Gasteiger partial charge < -0.3 is 14.6 Å². The second-order valence-electron chi connectivity index (χ2n) is 7.81. The molecule has 164 valence electrons. The van der Waals surface area contributed by atoms with Gasteiger partial charge in [-0.15, -0.1) is 0 Å². The zero-order valence-electron chi connectivity index (χ0n) is 17.8. The summed E-state index contributed by atoms with van der Waals surface area (Å²) in [6.45, 7) is 6.87. The van der Waals surface area contributed by atoms with E-state index in [1.165, 1.54) is 5.52 Å². The molecule has 1 fully saturated rings. The summed E-state index contributed by atoms with van der Waals surface area (Å²) in [5.41, 5.74) is 2.77. The molecule has 0 radical (unpaired) electrons. The normalized spacial score (nSPS) is 15.3. The molecule has 1 saturated heterocycles. The zero-order chi connectivity index (χ0) is 21.8. The number of nitrogens with one attached hydrogen (secondary N) is 1. The second kappa shape index (κ2) is 9.57. The number of piperidine rings is 1. The van der Waals surface area contributed by atoms with Crippen LogP contribution in [0.5, 0.6) is 0 Å². The van der Waals surface area contributed by atoms with Gasteiger partial charge in [0.15, 0.2) is 5.13 Å². The third kappa shape index (κ3) is 5.11. The zero-order valence-corrected chi connectivity index (χ0v) is 18.7. The van der Waals surface area contributed by atoms with Crippen LogP contribution in [0.1, 0.15) is 35.1 Å². The Labute approximate surface area is 185 Å². The number of likely N-dealkylation sites (tertiary alicyclic amines) is 1. The first kappa shape index (κ1) is 21.5. The van der Waals surface area contributed by atoms with Crippen LogP contribution < -0.4 is 5.32 Å². The molecule has 4 rings (SSSR count). The number of thiazole rings is 1. The van der Waals surface area contributed by atoms with Gasteiger partial charge in [0, 0.05) is 6.54 Å². The van der Waals surface area contributed by atoms with E-state index in [0.29, 0.717) is 34.8 Å². The van der Waals surface area contributed by atoms with Crippen molar-refractivity contribution in [2.24, 2.45) is 5.92 Å². The lowest BCUT2D eigenvalue weighted by Gasteiger charge is -2.31. The van der Waals surface area contributed by atoms with Gasteiger partial charge in [-0.25, -0.2) is 14.8 Å². The number of anilines is 1. The number of aromatic nitrogens is 3. The number of esters is 1. The molecule has 1 aliphatic heterocycles. The highest BCUT2D eigenvalue weighted by Gasteiger charge is 2.23. The number of carbonyl (C=O) groups excluding carboxylic acids is 2. The van der Waals surface area contributed by atoms with Crippen LogP contribution in [-0.2, 0) is 16.1 Å². The standard InChI is InChI=1S/C22H27N5O3S/c1-3-30-21(29)20-15(2)24-22(31-20)25-19(28)13-26-10-8-16(9-11-26)12-27-14-23-17-6-4-5-7-18(17)27/h4-7,14,16H,3,8-13H2,1-2H3,(H,24,25,28). The van der Waals surface area contributed by atoms with Crippen LogP contribution in [0.4, 0.5) is 5.13 Å². The van der Waals surface area contributed by atoms with Gasteiger partial charge in [-0.1, -0.05) is 23.5 Å².